The number of aryl methyl sites for hydroxylation is 2. The van der Waals surface area contributed by atoms with Crippen molar-refractivity contribution in [2.45, 2.75) is 181 Å². The first-order valence-corrected chi connectivity index (χ1v) is 24.4. The fourth-order valence-electron chi connectivity index (χ4n) is 7.49. The summed E-state index contributed by atoms with van der Waals surface area (Å²) in [7, 11) is 1.30. The number of ketones is 1. The fourth-order valence-corrected chi connectivity index (χ4v) is 8.23. The smallest absolute Gasteiger partial charge is 0.466 e. The van der Waals surface area contributed by atoms with Crippen LogP contribution in [-0.4, -0.2) is 103 Å². The molecule has 0 saturated heterocycles. The van der Waals surface area contributed by atoms with Gasteiger partial charge in [-0.05, 0) is 63.5 Å². The summed E-state index contributed by atoms with van der Waals surface area (Å²) in [5.74, 6) is 0.667. The van der Waals surface area contributed by atoms with Crippen molar-refractivity contribution in [3.8, 4) is 0 Å². The van der Waals surface area contributed by atoms with Crippen LogP contribution in [0.2, 0.25) is 0 Å². The van der Waals surface area contributed by atoms with E-state index < -0.39 is 44.7 Å². The number of aliphatic hydroxyl groups excluding tert-OH is 2. The average Bonchev–Trinajstić information content (AvgIpc) is 3.60. The van der Waals surface area contributed by atoms with Crippen LogP contribution in [-0.2, 0) is 50.3 Å². The molecule has 0 spiro atoms. The van der Waals surface area contributed by atoms with Crippen molar-refractivity contribution >= 4 is 25.5 Å². The summed E-state index contributed by atoms with van der Waals surface area (Å²) in [4.78, 5) is 48.3. The first kappa shape index (κ1) is 53.8. The van der Waals surface area contributed by atoms with Crippen LogP contribution in [0.4, 0.5) is 0 Å². The number of esters is 2. The van der Waals surface area contributed by atoms with Gasteiger partial charge in [0.1, 0.15) is 37.1 Å². The molecule has 1 aromatic rings. The molecule has 1 aliphatic rings. The number of unbranched alkanes of at least 4 members (excludes halogenated alkanes) is 10. The molecule has 0 radical (unpaired) electrons. The van der Waals surface area contributed by atoms with Gasteiger partial charge in [0.05, 0.1) is 40.0 Å². The average molecular weight is 871 g/mol. The van der Waals surface area contributed by atoms with E-state index in [0.29, 0.717) is 43.1 Å². The highest BCUT2D eigenvalue weighted by molar-refractivity contribution is 7.47. The Morgan fingerprint density at radius 1 is 0.833 bits per heavy atom. The summed E-state index contributed by atoms with van der Waals surface area (Å²) in [6, 6.07) is 0. The van der Waals surface area contributed by atoms with Gasteiger partial charge in [-0.1, -0.05) is 90.2 Å². The van der Waals surface area contributed by atoms with Crippen molar-refractivity contribution in [1.29, 1.82) is 0 Å². The molecule has 14 heteroatoms. The molecule has 0 aromatic carbocycles. The van der Waals surface area contributed by atoms with Crippen molar-refractivity contribution in [3.05, 3.63) is 34.8 Å². The first-order chi connectivity index (χ1) is 28.5. The molecule has 0 amide bonds. The molecule has 1 aliphatic carbocycles. The molecular weight excluding hydrogens is 789 g/mol. The Kier molecular flexibility index (Phi) is 26.0. The second-order valence-electron chi connectivity index (χ2n) is 17.8. The summed E-state index contributed by atoms with van der Waals surface area (Å²) in [5, 5.41) is 20.8. The van der Waals surface area contributed by atoms with E-state index in [-0.39, 0.29) is 50.1 Å². The molecule has 13 nitrogen and oxygen atoms in total. The van der Waals surface area contributed by atoms with E-state index in [1.54, 1.807) is 6.08 Å². The van der Waals surface area contributed by atoms with Gasteiger partial charge in [-0.25, -0.2) is 4.57 Å². The molecule has 1 unspecified atom stereocenters. The van der Waals surface area contributed by atoms with E-state index in [0.717, 1.165) is 95.0 Å². The van der Waals surface area contributed by atoms with E-state index in [1.807, 2.05) is 27.2 Å². The summed E-state index contributed by atoms with van der Waals surface area (Å²) < 4.78 is 40.4. The molecule has 1 saturated carbocycles. The molecule has 1 heterocycles. The van der Waals surface area contributed by atoms with Gasteiger partial charge in [-0.15, -0.1) is 0 Å². The number of aliphatic hydroxyl groups is 2. The molecule has 6 atom stereocenters. The van der Waals surface area contributed by atoms with Crippen molar-refractivity contribution in [2.24, 2.45) is 11.8 Å². The highest BCUT2D eigenvalue weighted by atomic mass is 31.2. The van der Waals surface area contributed by atoms with Crippen molar-refractivity contribution in [1.82, 2.24) is 0 Å². The molecule has 0 aliphatic heterocycles. The number of quaternary nitrogens is 1. The molecule has 3 N–H and O–H groups in total. The van der Waals surface area contributed by atoms with Gasteiger partial charge in [-0.2, -0.15) is 0 Å². The molecular formula is C46H81NO12P+. The number of likely N-dealkylation sites (N-methyl/N-ethyl adjacent to an activating group) is 1. The predicted molar refractivity (Wildman–Crippen MR) is 233 cm³/mol. The number of hydrogen-bond donors (Lipinski definition) is 3. The lowest BCUT2D eigenvalue weighted by Gasteiger charge is -2.24. The van der Waals surface area contributed by atoms with Gasteiger partial charge in [0.15, 0.2) is 6.10 Å². The lowest BCUT2D eigenvalue weighted by Crippen LogP contribution is -2.37. The van der Waals surface area contributed by atoms with Gasteiger partial charge >= 0.3 is 19.8 Å². The molecule has 60 heavy (non-hydrogen) atoms. The number of Topliss-reactive ketones (excluding diaryl/α,β-unsaturated/α-hetero) is 1. The summed E-state index contributed by atoms with van der Waals surface area (Å²) in [5.41, 5.74) is 2.55. The quantitative estimate of drug-likeness (QED) is 0.0197. The van der Waals surface area contributed by atoms with Gasteiger partial charge in [0, 0.05) is 43.9 Å². The van der Waals surface area contributed by atoms with Crippen LogP contribution in [0.3, 0.4) is 0 Å². The standard InChI is InChI=1S/C46H80NO12P/c1-8-10-17-23-37(48)28-29-40-39(41(49)32-42(40)50)24-18-15-16-21-27-46(52)58-38(34-57-60(53,54)56-31-30-47(5,6)7)33-55-45(51)26-20-14-12-11-13-19-25-44-36(4)35(3)43(59-44)22-9-2/h28-29,37-40,42,48,50H,8-27,30-34H2,1-7H3/p+1/b29-28+/t37-,38+,39+,40+,42+/m0/s1. The second kappa shape index (κ2) is 29.1. The SMILES string of the molecule is CCCCC[C@H](O)/C=C/[C@H]1[C@H](O)CC(=O)[C@@H]1CCCCCCC(=O)O[C@H](COC(=O)CCCCCCCCc1oc(CCC)c(C)c1C)COP(=O)(O)OCC[N+](C)(C)C. The third kappa shape index (κ3) is 22.6. The number of carbonyl (C=O) groups excluding carboxylic acids is 3. The molecule has 0 bridgehead atoms. The van der Waals surface area contributed by atoms with Crippen LogP contribution in [0.25, 0.3) is 0 Å². The van der Waals surface area contributed by atoms with E-state index in [4.69, 9.17) is 22.9 Å². The van der Waals surface area contributed by atoms with Gasteiger partial charge < -0.3 is 33.5 Å². The Morgan fingerprint density at radius 3 is 2.10 bits per heavy atom. The fraction of sp³-hybridized carbons (Fsp3) is 0.804. The van der Waals surface area contributed by atoms with Crippen molar-refractivity contribution in [3.63, 3.8) is 0 Å². The number of rotatable bonds is 34. The van der Waals surface area contributed by atoms with E-state index in [1.165, 1.54) is 11.1 Å². The van der Waals surface area contributed by atoms with Gasteiger partial charge in [-0.3, -0.25) is 23.4 Å². The van der Waals surface area contributed by atoms with E-state index in [2.05, 4.69) is 27.7 Å². The predicted octanol–water partition coefficient (Wildman–Crippen LogP) is 8.82. The Balaban J connectivity index is 1.76. The van der Waals surface area contributed by atoms with Crippen molar-refractivity contribution in [2.75, 3.05) is 47.5 Å². The summed E-state index contributed by atoms with van der Waals surface area (Å²) >= 11 is 0. The number of phosphoric acid groups is 1. The third-order valence-corrected chi connectivity index (χ3v) is 12.3. The zero-order valence-corrected chi connectivity index (χ0v) is 39.0. The van der Waals surface area contributed by atoms with E-state index >= 15 is 0 Å². The topological polar surface area (TPSA) is 179 Å². The lowest BCUT2D eigenvalue weighted by atomic mass is 9.88. The highest BCUT2D eigenvalue weighted by Gasteiger charge is 2.39. The number of phosphoric ester groups is 1. The highest BCUT2D eigenvalue weighted by Crippen LogP contribution is 2.43. The molecule has 1 aromatic heterocycles. The Hall–Kier alpha value is -2.38. The molecule has 2 rings (SSSR count). The summed E-state index contributed by atoms with van der Waals surface area (Å²) in [6.07, 6.45) is 17.4. The molecule has 346 valence electrons. The Morgan fingerprint density at radius 2 is 1.45 bits per heavy atom. The summed E-state index contributed by atoms with van der Waals surface area (Å²) in [6.45, 7) is 8.19. The minimum absolute atomic E-state index is 0.0188. The Labute approximate surface area is 361 Å². The monoisotopic (exact) mass is 871 g/mol. The number of nitrogens with zero attached hydrogens (tertiary/aromatic N) is 1. The minimum atomic E-state index is -4.46. The minimum Gasteiger partial charge on any atom is -0.466 e. The van der Waals surface area contributed by atoms with Gasteiger partial charge in [0.25, 0.3) is 0 Å². The van der Waals surface area contributed by atoms with E-state index in [9.17, 15) is 34.1 Å². The zero-order chi connectivity index (χ0) is 44.6. The van der Waals surface area contributed by atoms with Crippen LogP contribution >= 0.6 is 7.82 Å². The maximum absolute atomic E-state index is 12.8. The van der Waals surface area contributed by atoms with Crippen molar-refractivity contribution < 1.29 is 61.5 Å². The number of furan rings is 1. The maximum atomic E-state index is 12.8. The normalized spacial score (nSPS) is 19.2. The number of ether oxygens (including phenoxy) is 2. The second-order valence-corrected chi connectivity index (χ2v) is 19.3. The van der Waals surface area contributed by atoms with Crippen LogP contribution in [0.5, 0.6) is 0 Å². The lowest BCUT2D eigenvalue weighted by molar-refractivity contribution is -0.870. The number of hydrogen-bond acceptors (Lipinski definition) is 11. The first-order valence-electron chi connectivity index (χ1n) is 22.9. The molecule has 1 fully saturated rings. The number of carbonyl (C=O) groups is 3. The van der Waals surface area contributed by atoms with Crippen LogP contribution in [0, 0.1) is 25.7 Å². The largest absolute Gasteiger partial charge is 0.472 e. The third-order valence-electron chi connectivity index (χ3n) is 11.4. The maximum Gasteiger partial charge on any atom is 0.472 e. The Bertz CT molecular complexity index is 1470. The van der Waals surface area contributed by atoms with Crippen LogP contribution < -0.4 is 0 Å². The zero-order valence-electron chi connectivity index (χ0n) is 38.1. The van der Waals surface area contributed by atoms with Crippen LogP contribution in [0.1, 0.15) is 158 Å². The van der Waals surface area contributed by atoms with Crippen LogP contribution in [0.15, 0.2) is 16.6 Å². The van der Waals surface area contributed by atoms with Gasteiger partial charge in [0.2, 0.25) is 0 Å².